The molecule has 1 heterocycles. The van der Waals surface area contributed by atoms with Crippen molar-refractivity contribution in [1.82, 2.24) is 4.98 Å². The number of hydrogen-bond donors (Lipinski definition) is 1. The molecular weight excluding hydrogens is 170 g/mol. The first-order valence-electron chi connectivity index (χ1n) is 3.89. The Morgan fingerprint density at radius 1 is 1.69 bits per heavy atom. The number of aryl methyl sites for hydroxylation is 1. The van der Waals surface area contributed by atoms with E-state index >= 15 is 0 Å². The minimum Gasteiger partial charge on any atom is -0.323 e. The van der Waals surface area contributed by atoms with Crippen LogP contribution in [-0.4, -0.2) is 9.91 Å². The van der Waals surface area contributed by atoms with Crippen LogP contribution in [0, 0.1) is 17.0 Å². The Morgan fingerprint density at radius 3 is 2.77 bits per heavy atom. The molecule has 2 N–H and O–H groups in total. The Bertz CT molecular complexity index is 336. The third kappa shape index (κ3) is 2.00. The highest BCUT2D eigenvalue weighted by molar-refractivity contribution is 5.39. The van der Waals surface area contributed by atoms with Crippen molar-refractivity contribution in [2.24, 2.45) is 5.73 Å². The molecule has 0 fully saturated rings. The van der Waals surface area contributed by atoms with Crippen LogP contribution in [0.1, 0.15) is 24.2 Å². The van der Waals surface area contributed by atoms with Crippen molar-refractivity contribution >= 4 is 5.69 Å². The number of aromatic nitrogens is 1. The maximum Gasteiger partial charge on any atom is 0.292 e. The Balaban J connectivity index is 3.27. The molecule has 0 aliphatic carbocycles. The zero-order valence-corrected chi connectivity index (χ0v) is 7.52. The summed E-state index contributed by atoms with van der Waals surface area (Å²) in [5, 5.41) is 10.6. The molecule has 0 spiro atoms. The van der Waals surface area contributed by atoms with Gasteiger partial charge in [-0.2, -0.15) is 0 Å². The van der Waals surface area contributed by atoms with E-state index in [4.69, 9.17) is 5.73 Å². The minimum absolute atomic E-state index is 0.00463. The van der Waals surface area contributed by atoms with Crippen LogP contribution in [0.15, 0.2) is 12.3 Å². The van der Waals surface area contributed by atoms with Gasteiger partial charge in [0, 0.05) is 12.3 Å². The molecule has 0 amide bonds. The van der Waals surface area contributed by atoms with Gasteiger partial charge in [0.25, 0.3) is 5.69 Å². The van der Waals surface area contributed by atoms with E-state index in [0.717, 1.165) is 5.56 Å². The molecule has 0 saturated carbocycles. The summed E-state index contributed by atoms with van der Waals surface area (Å²) >= 11 is 0. The van der Waals surface area contributed by atoms with Crippen molar-refractivity contribution in [3.05, 3.63) is 33.6 Å². The maximum atomic E-state index is 10.6. The molecule has 1 atom stereocenters. The highest BCUT2D eigenvalue weighted by Gasteiger charge is 2.17. The van der Waals surface area contributed by atoms with Crippen LogP contribution in [0.25, 0.3) is 0 Å². The van der Waals surface area contributed by atoms with Gasteiger partial charge in [0.2, 0.25) is 0 Å². The molecule has 0 radical (unpaired) electrons. The second kappa shape index (κ2) is 3.49. The summed E-state index contributed by atoms with van der Waals surface area (Å²) < 4.78 is 0. The summed E-state index contributed by atoms with van der Waals surface area (Å²) in [6.07, 6.45) is 1.58. The Morgan fingerprint density at radius 2 is 2.31 bits per heavy atom. The van der Waals surface area contributed by atoms with Crippen molar-refractivity contribution in [3.63, 3.8) is 0 Å². The van der Waals surface area contributed by atoms with Crippen molar-refractivity contribution < 1.29 is 4.92 Å². The lowest BCUT2D eigenvalue weighted by molar-refractivity contribution is -0.386. The van der Waals surface area contributed by atoms with Gasteiger partial charge in [-0.1, -0.05) is 0 Å². The van der Waals surface area contributed by atoms with Gasteiger partial charge in [0.15, 0.2) is 0 Å². The second-order valence-corrected chi connectivity index (χ2v) is 2.96. The fourth-order valence-electron chi connectivity index (χ4n) is 1.06. The van der Waals surface area contributed by atoms with Gasteiger partial charge in [0.1, 0.15) is 5.69 Å². The number of nitro groups is 1. The van der Waals surface area contributed by atoms with E-state index in [1.165, 1.54) is 6.07 Å². The Kier molecular flexibility index (Phi) is 2.57. The van der Waals surface area contributed by atoms with E-state index in [-0.39, 0.29) is 5.69 Å². The number of rotatable bonds is 2. The van der Waals surface area contributed by atoms with Crippen LogP contribution in [-0.2, 0) is 0 Å². The molecule has 5 heteroatoms. The second-order valence-electron chi connectivity index (χ2n) is 2.96. The lowest BCUT2D eigenvalue weighted by atomic mass is 10.1. The van der Waals surface area contributed by atoms with Crippen LogP contribution < -0.4 is 5.73 Å². The van der Waals surface area contributed by atoms with Gasteiger partial charge in [-0.3, -0.25) is 15.1 Å². The molecular formula is C8H11N3O2. The fraction of sp³-hybridized carbons (Fsp3) is 0.375. The molecule has 0 aromatic carbocycles. The largest absolute Gasteiger partial charge is 0.323 e. The van der Waals surface area contributed by atoms with Gasteiger partial charge >= 0.3 is 0 Å². The van der Waals surface area contributed by atoms with E-state index in [1.807, 2.05) is 0 Å². The molecule has 13 heavy (non-hydrogen) atoms. The number of hydrogen-bond acceptors (Lipinski definition) is 4. The highest BCUT2D eigenvalue weighted by Crippen LogP contribution is 2.21. The van der Waals surface area contributed by atoms with Crippen LogP contribution in [0.2, 0.25) is 0 Å². The number of nitrogens with zero attached hydrogens (tertiary/aromatic N) is 2. The van der Waals surface area contributed by atoms with E-state index in [2.05, 4.69) is 4.98 Å². The SMILES string of the molecule is Cc1cnc(C(C)N)c([N+](=O)[O-])c1. The molecule has 1 aromatic heterocycles. The average molecular weight is 181 g/mol. The van der Waals surface area contributed by atoms with Crippen LogP contribution in [0.3, 0.4) is 0 Å². The van der Waals surface area contributed by atoms with Crippen molar-refractivity contribution in [3.8, 4) is 0 Å². The molecule has 0 bridgehead atoms. The summed E-state index contributed by atoms with van der Waals surface area (Å²) in [4.78, 5) is 14.1. The standard InChI is InChI=1S/C8H11N3O2/c1-5-3-7(11(12)13)8(6(2)9)10-4-5/h3-4,6H,9H2,1-2H3. The Hall–Kier alpha value is -1.49. The summed E-state index contributed by atoms with van der Waals surface area (Å²) in [5.41, 5.74) is 6.62. The summed E-state index contributed by atoms with van der Waals surface area (Å²) in [6.45, 7) is 3.43. The van der Waals surface area contributed by atoms with E-state index in [1.54, 1.807) is 20.0 Å². The van der Waals surface area contributed by atoms with E-state index in [0.29, 0.717) is 5.69 Å². The molecule has 0 aliphatic heterocycles. The maximum absolute atomic E-state index is 10.6. The van der Waals surface area contributed by atoms with Crippen molar-refractivity contribution in [1.29, 1.82) is 0 Å². The van der Waals surface area contributed by atoms with Gasteiger partial charge in [-0.15, -0.1) is 0 Å². The first-order valence-corrected chi connectivity index (χ1v) is 3.89. The summed E-state index contributed by atoms with van der Waals surface area (Å²) in [7, 11) is 0. The van der Waals surface area contributed by atoms with Crippen LogP contribution in [0.4, 0.5) is 5.69 Å². The van der Waals surface area contributed by atoms with Crippen molar-refractivity contribution in [2.75, 3.05) is 0 Å². The van der Waals surface area contributed by atoms with E-state index < -0.39 is 11.0 Å². The predicted molar refractivity (Wildman–Crippen MR) is 48.2 cm³/mol. The lowest BCUT2D eigenvalue weighted by Gasteiger charge is -2.05. The molecule has 1 rings (SSSR count). The fourth-order valence-corrected chi connectivity index (χ4v) is 1.06. The number of pyridine rings is 1. The number of nitrogens with two attached hydrogens (primary N) is 1. The van der Waals surface area contributed by atoms with E-state index in [9.17, 15) is 10.1 Å². The van der Waals surface area contributed by atoms with Gasteiger partial charge in [-0.05, 0) is 19.4 Å². The first kappa shape index (κ1) is 9.60. The molecule has 1 unspecified atom stereocenters. The normalized spacial score (nSPS) is 12.5. The topological polar surface area (TPSA) is 82.0 Å². The van der Waals surface area contributed by atoms with Gasteiger partial charge in [0.05, 0.1) is 11.0 Å². The molecule has 0 aliphatic rings. The predicted octanol–water partition coefficient (Wildman–Crippen LogP) is 1.32. The van der Waals surface area contributed by atoms with Crippen LogP contribution in [0.5, 0.6) is 0 Å². The molecule has 70 valence electrons. The zero-order valence-electron chi connectivity index (χ0n) is 7.52. The Labute approximate surface area is 75.7 Å². The monoisotopic (exact) mass is 181 g/mol. The molecule has 0 saturated heterocycles. The van der Waals surface area contributed by atoms with Gasteiger partial charge < -0.3 is 5.73 Å². The van der Waals surface area contributed by atoms with Crippen LogP contribution >= 0.6 is 0 Å². The third-order valence-corrected chi connectivity index (χ3v) is 1.66. The lowest BCUT2D eigenvalue weighted by Crippen LogP contribution is -2.10. The smallest absolute Gasteiger partial charge is 0.292 e. The average Bonchev–Trinajstić information content (AvgIpc) is 2.03. The minimum atomic E-state index is -0.460. The quantitative estimate of drug-likeness (QED) is 0.551. The first-order chi connectivity index (χ1) is 6.02. The molecule has 5 nitrogen and oxygen atoms in total. The highest BCUT2D eigenvalue weighted by atomic mass is 16.6. The van der Waals surface area contributed by atoms with Gasteiger partial charge in [-0.25, -0.2) is 0 Å². The summed E-state index contributed by atoms with van der Waals surface area (Å²) in [5.74, 6) is 0. The third-order valence-electron chi connectivity index (χ3n) is 1.66. The summed E-state index contributed by atoms with van der Waals surface area (Å²) in [6, 6.07) is 1.06. The van der Waals surface area contributed by atoms with Crippen molar-refractivity contribution in [2.45, 2.75) is 19.9 Å². The zero-order chi connectivity index (χ0) is 10.0. The molecule has 1 aromatic rings.